The van der Waals surface area contributed by atoms with Crippen LogP contribution in [0.4, 0.5) is 5.88 Å². The van der Waals surface area contributed by atoms with Gasteiger partial charge in [-0.05, 0) is 31.4 Å². The first-order valence-electron chi connectivity index (χ1n) is 7.53. The summed E-state index contributed by atoms with van der Waals surface area (Å²) >= 11 is 0. The fraction of sp³-hybridized carbons (Fsp3) is 0.471. The summed E-state index contributed by atoms with van der Waals surface area (Å²) in [5.41, 5.74) is 8.13. The van der Waals surface area contributed by atoms with Crippen molar-refractivity contribution in [1.29, 1.82) is 0 Å². The molecule has 2 rings (SSSR count). The smallest absolute Gasteiger partial charge is 0.222 e. The quantitative estimate of drug-likeness (QED) is 0.903. The van der Waals surface area contributed by atoms with Crippen LogP contribution in [0.3, 0.4) is 0 Å². The molecule has 0 fully saturated rings. The molecule has 5 heteroatoms. The molecule has 0 aliphatic carbocycles. The lowest BCUT2D eigenvalue weighted by Gasteiger charge is -2.24. The monoisotopic (exact) mass is 304 g/mol. The van der Waals surface area contributed by atoms with Crippen molar-refractivity contribution in [3.05, 3.63) is 23.8 Å². The average molecular weight is 304 g/mol. The molecule has 120 valence electrons. The Morgan fingerprint density at radius 1 is 1.05 bits per heavy atom. The van der Waals surface area contributed by atoms with Gasteiger partial charge in [0.05, 0.1) is 13.2 Å². The van der Waals surface area contributed by atoms with Crippen molar-refractivity contribution in [3.8, 4) is 22.8 Å². The zero-order valence-corrected chi connectivity index (χ0v) is 13.9. The van der Waals surface area contributed by atoms with Crippen LogP contribution >= 0.6 is 0 Å². The van der Waals surface area contributed by atoms with E-state index in [1.807, 2.05) is 26.0 Å². The van der Waals surface area contributed by atoms with Crippen molar-refractivity contribution in [2.45, 2.75) is 40.0 Å². The van der Waals surface area contributed by atoms with E-state index in [0.717, 1.165) is 22.6 Å². The zero-order valence-electron chi connectivity index (χ0n) is 13.9. The molecule has 1 aromatic heterocycles. The Hall–Kier alpha value is -2.17. The molecule has 22 heavy (non-hydrogen) atoms. The van der Waals surface area contributed by atoms with Crippen LogP contribution in [0.25, 0.3) is 11.3 Å². The van der Waals surface area contributed by atoms with E-state index in [1.165, 1.54) is 0 Å². The Morgan fingerprint density at radius 3 is 2.18 bits per heavy atom. The third-order valence-electron chi connectivity index (χ3n) is 3.29. The van der Waals surface area contributed by atoms with E-state index in [2.05, 4.69) is 25.9 Å². The Kier molecular flexibility index (Phi) is 4.64. The van der Waals surface area contributed by atoms with Gasteiger partial charge in [0.25, 0.3) is 0 Å². The predicted molar refractivity (Wildman–Crippen MR) is 87.4 cm³/mol. The highest BCUT2D eigenvalue weighted by molar-refractivity contribution is 5.72. The molecule has 5 nitrogen and oxygen atoms in total. The van der Waals surface area contributed by atoms with Crippen LogP contribution in [0.2, 0.25) is 0 Å². The third-order valence-corrected chi connectivity index (χ3v) is 3.29. The Labute approximate surface area is 131 Å². The van der Waals surface area contributed by atoms with Gasteiger partial charge in [0, 0.05) is 17.2 Å². The summed E-state index contributed by atoms with van der Waals surface area (Å²) in [4.78, 5) is 0. The highest BCUT2D eigenvalue weighted by atomic mass is 16.5. The Bertz CT molecular complexity index is 642. The summed E-state index contributed by atoms with van der Waals surface area (Å²) in [6.45, 7) is 11.5. The van der Waals surface area contributed by atoms with E-state index in [0.29, 0.717) is 18.9 Å². The number of nitrogens with two attached hydrogens (primary N) is 1. The number of benzene rings is 1. The van der Waals surface area contributed by atoms with E-state index in [1.54, 1.807) is 6.07 Å². The Balaban J connectivity index is 2.63. The summed E-state index contributed by atoms with van der Waals surface area (Å²) < 4.78 is 16.6. The first kappa shape index (κ1) is 16.2. The van der Waals surface area contributed by atoms with E-state index < -0.39 is 0 Å². The molecular weight excluding hydrogens is 280 g/mol. The van der Waals surface area contributed by atoms with Gasteiger partial charge in [-0.1, -0.05) is 25.9 Å². The van der Waals surface area contributed by atoms with Crippen molar-refractivity contribution >= 4 is 5.88 Å². The van der Waals surface area contributed by atoms with Crippen LogP contribution in [0.1, 0.15) is 40.2 Å². The number of rotatable bonds is 5. The fourth-order valence-corrected chi connectivity index (χ4v) is 2.31. The van der Waals surface area contributed by atoms with Gasteiger partial charge < -0.3 is 19.7 Å². The van der Waals surface area contributed by atoms with Gasteiger partial charge in [-0.2, -0.15) is 0 Å². The molecular formula is C17H24N2O3. The second kappa shape index (κ2) is 6.30. The van der Waals surface area contributed by atoms with Gasteiger partial charge in [0.15, 0.2) is 0 Å². The Morgan fingerprint density at radius 2 is 1.68 bits per heavy atom. The van der Waals surface area contributed by atoms with Crippen LogP contribution in [-0.4, -0.2) is 18.4 Å². The van der Waals surface area contributed by atoms with E-state index in [4.69, 9.17) is 19.7 Å². The normalized spacial score (nSPS) is 11.5. The summed E-state index contributed by atoms with van der Waals surface area (Å²) in [6, 6.07) is 5.66. The first-order valence-corrected chi connectivity index (χ1v) is 7.53. The van der Waals surface area contributed by atoms with Crippen molar-refractivity contribution in [2.75, 3.05) is 18.9 Å². The molecule has 0 amide bonds. The van der Waals surface area contributed by atoms with Gasteiger partial charge in [-0.25, -0.2) is 0 Å². The van der Waals surface area contributed by atoms with Gasteiger partial charge in [-0.15, -0.1) is 0 Å². The molecule has 1 heterocycles. The number of nitrogen functional groups attached to an aromatic ring is 1. The van der Waals surface area contributed by atoms with Crippen LogP contribution in [0.5, 0.6) is 11.5 Å². The highest BCUT2D eigenvalue weighted by Crippen LogP contribution is 2.41. The van der Waals surface area contributed by atoms with Crippen LogP contribution in [0, 0.1) is 0 Å². The molecule has 2 aromatic rings. The largest absolute Gasteiger partial charge is 0.494 e. The minimum Gasteiger partial charge on any atom is -0.494 e. The number of hydrogen-bond donors (Lipinski definition) is 1. The topological polar surface area (TPSA) is 70.5 Å². The standard InChI is InChI=1S/C17H24N2O3/c1-6-20-14-9-12(17(3,4)5)15(21-7-2)8-11(14)13-10-16(18)22-19-13/h8-10H,6-7,18H2,1-5H3. The molecule has 0 spiro atoms. The second-order valence-corrected chi connectivity index (χ2v) is 6.08. The zero-order chi connectivity index (χ0) is 16.3. The summed E-state index contributed by atoms with van der Waals surface area (Å²) in [7, 11) is 0. The molecule has 0 unspecified atom stereocenters. The minimum absolute atomic E-state index is 0.0578. The molecule has 0 aliphatic rings. The van der Waals surface area contributed by atoms with Gasteiger partial charge in [0.1, 0.15) is 17.2 Å². The van der Waals surface area contributed by atoms with Crippen molar-refractivity contribution in [1.82, 2.24) is 5.16 Å². The predicted octanol–water partition coefficient (Wildman–Crippen LogP) is 4.02. The highest BCUT2D eigenvalue weighted by Gasteiger charge is 2.23. The number of ether oxygens (including phenoxy) is 2. The summed E-state index contributed by atoms with van der Waals surface area (Å²) in [6.07, 6.45) is 0. The van der Waals surface area contributed by atoms with Gasteiger partial charge in [-0.3, -0.25) is 0 Å². The molecule has 0 aliphatic heterocycles. The van der Waals surface area contributed by atoms with Crippen LogP contribution < -0.4 is 15.2 Å². The third kappa shape index (κ3) is 3.35. The molecule has 0 radical (unpaired) electrons. The number of anilines is 1. The van der Waals surface area contributed by atoms with Crippen molar-refractivity contribution in [3.63, 3.8) is 0 Å². The minimum atomic E-state index is -0.0578. The summed E-state index contributed by atoms with van der Waals surface area (Å²) in [5.74, 6) is 1.86. The van der Waals surface area contributed by atoms with Crippen molar-refractivity contribution < 1.29 is 14.0 Å². The van der Waals surface area contributed by atoms with Crippen LogP contribution in [-0.2, 0) is 5.41 Å². The van der Waals surface area contributed by atoms with Crippen molar-refractivity contribution in [2.24, 2.45) is 0 Å². The second-order valence-electron chi connectivity index (χ2n) is 6.08. The summed E-state index contributed by atoms with van der Waals surface area (Å²) in [5, 5.41) is 3.99. The first-order chi connectivity index (χ1) is 10.4. The number of hydrogen-bond acceptors (Lipinski definition) is 5. The maximum absolute atomic E-state index is 5.82. The molecule has 0 bridgehead atoms. The number of nitrogens with zero attached hydrogens (tertiary/aromatic N) is 1. The van der Waals surface area contributed by atoms with E-state index in [-0.39, 0.29) is 11.3 Å². The van der Waals surface area contributed by atoms with Gasteiger partial charge in [0.2, 0.25) is 5.88 Å². The fourth-order valence-electron chi connectivity index (χ4n) is 2.31. The maximum Gasteiger partial charge on any atom is 0.222 e. The molecule has 0 saturated heterocycles. The lowest BCUT2D eigenvalue weighted by atomic mass is 9.85. The molecule has 0 atom stereocenters. The van der Waals surface area contributed by atoms with Crippen LogP contribution in [0.15, 0.2) is 22.7 Å². The van der Waals surface area contributed by atoms with E-state index in [9.17, 15) is 0 Å². The average Bonchev–Trinajstić information content (AvgIpc) is 2.86. The lowest BCUT2D eigenvalue weighted by molar-refractivity contribution is 0.322. The SMILES string of the molecule is CCOc1cc(C(C)(C)C)c(OCC)cc1-c1cc(N)on1. The molecule has 1 aromatic carbocycles. The molecule has 0 saturated carbocycles. The van der Waals surface area contributed by atoms with E-state index >= 15 is 0 Å². The van der Waals surface area contributed by atoms with Gasteiger partial charge >= 0.3 is 0 Å². The molecule has 2 N–H and O–H groups in total. The lowest BCUT2D eigenvalue weighted by Crippen LogP contribution is -2.14. The number of aromatic nitrogens is 1. The maximum atomic E-state index is 5.82.